The Kier molecular flexibility index (Phi) is 2.40. The first-order valence-electron chi connectivity index (χ1n) is 5.92. The molecule has 0 saturated carbocycles. The summed E-state index contributed by atoms with van der Waals surface area (Å²) in [6, 6.07) is 6.39. The molecule has 3 rings (SSSR count). The summed E-state index contributed by atoms with van der Waals surface area (Å²) in [5.74, 6) is 1.72. The lowest BCUT2D eigenvalue weighted by molar-refractivity contribution is 0.441. The highest BCUT2D eigenvalue weighted by Crippen LogP contribution is 2.25. The van der Waals surface area contributed by atoms with Crippen LogP contribution in [0.5, 0.6) is 0 Å². The van der Waals surface area contributed by atoms with Gasteiger partial charge in [0.15, 0.2) is 0 Å². The van der Waals surface area contributed by atoms with E-state index in [0.717, 1.165) is 42.8 Å². The zero-order chi connectivity index (χ0) is 11.0. The number of hydrogen-bond acceptors (Lipinski definition) is 1. The molecule has 0 spiro atoms. The van der Waals surface area contributed by atoms with E-state index in [1.807, 2.05) is 0 Å². The van der Waals surface area contributed by atoms with Crippen molar-refractivity contribution in [3.8, 4) is 0 Å². The van der Waals surface area contributed by atoms with Crippen molar-refractivity contribution in [3.63, 3.8) is 0 Å². The van der Waals surface area contributed by atoms with Gasteiger partial charge in [0.05, 0.1) is 11.0 Å². The molecule has 3 heteroatoms. The first kappa shape index (κ1) is 9.85. The van der Waals surface area contributed by atoms with E-state index in [9.17, 15) is 0 Å². The van der Waals surface area contributed by atoms with Crippen LogP contribution in [0.25, 0.3) is 11.0 Å². The van der Waals surface area contributed by atoms with Crippen LogP contribution in [0.4, 0.5) is 0 Å². The quantitative estimate of drug-likeness (QED) is 0.778. The second kappa shape index (κ2) is 3.91. The van der Waals surface area contributed by atoms with Crippen LogP contribution < -0.4 is 5.32 Å². The molecule has 0 atom stereocenters. The van der Waals surface area contributed by atoms with Crippen molar-refractivity contribution >= 4 is 11.0 Å². The van der Waals surface area contributed by atoms with Gasteiger partial charge in [0, 0.05) is 19.0 Å². The molecule has 0 bridgehead atoms. The molecule has 16 heavy (non-hydrogen) atoms. The molecule has 0 aliphatic carbocycles. The van der Waals surface area contributed by atoms with Crippen LogP contribution in [-0.2, 0) is 0 Å². The smallest absolute Gasteiger partial charge is 0.110 e. The summed E-state index contributed by atoms with van der Waals surface area (Å²) in [5, 5.41) is 4.38. The van der Waals surface area contributed by atoms with Crippen LogP contribution in [0.3, 0.4) is 0 Å². The molecule has 1 saturated heterocycles. The van der Waals surface area contributed by atoms with Crippen LogP contribution in [0.2, 0.25) is 0 Å². The Morgan fingerprint density at radius 3 is 2.88 bits per heavy atom. The van der Waals surface area contributed by atoms with Crippen molar-refractivity contribution in [3.05, 3.63) is 29.6 Å². The highest BCUT2D eigenvalue weighted by molar-refractivity contribution is 5.75. The highest BCUT2D eigenvalue weighted by atomic mass is 14.9. The Labute approximate surface area is 95.3 Å². The van der Waals surface area contributed by atoms with Gasteiger partial charge in [0.1, 0.15) is 5.82 Å². The van der Waals surface area contributed by atoms with Crippen LogP contribution >= 0.6 is 0 Å². The monoisotopic (exact) mass is 214 g/mol. The van der Waals surface area contributed by atoms with Crippen LogP contribution in [0.1, 0.15) is 30.1 Å². The average molecular weight is 214 g/mol. The Morgan fingerprint density at radius 1 is 1.25 bits per heavy atom. The maximum atomic E-state index is 4.70. The molecule has 1 aliphatic heterocycles. The Hall–Kier alpha value is -1.35. The van der Waals surface area contributed by atoms with Gasteiger partial charge in [-0.2, -0.15) is 0 Å². The predicted octanol–water partition coefficient (Wildman–Crippen LogP) is 2.35. The van der Waals surface area contributed by atoms with E-state index in [1.54, 1.807) is 0 Å². The maximum Gasteiger partial charge on any atom is 0.110 e. The summed E-state index contributed by atoms with van der Waals surface area (Å²) in [5.41, 5.74) is 3.52. The number of benzene rings is 1. The second-order valence-corrected chi connectivity index (χ2v) is 4.59. The predicted molar refractivity (Wildman–Crippen MR) is 64.7 cm³/mol. The van der Waals surface area contributed by atoms with E-state index >= 15 is 0 Å². The average Bonchev–Trinajstić information content (AvgIpc) is 2.73. The Morgan fingerprint density at radius 2 is 2.06 bits per heavy atom. The number of H-pyrrole nitrogens is 1. The van der Waals surface area contributed by atoms with E-state index < -0.39 is 0 Å². The van der Waals surface area contributed by atoms with E-state index in [1.165, 1.54) is 5.56 Å². The third-order valence-corrected chi connectivity index (χ3v) is 3.31. The van der Waals surface area contributed by atoms with Gasteiger partial charge >= 0.3 is 0 Å². The van der Waals surface area contributed by atoms with Gasteiger partial charge in [-0.05, 0) is 37.5 Å². The number of nitrogens with zero attached hydrogens (tertiary/aromatic N) is 2. The number of aromatic nitrogens is 2. The van der Waals surface area contributed by atoms with Gasteiger partial charge in [-0.15, -0.1) is 0 Å². The molecule has 3 nitrogen and oxygen atoms in total. The van der Waals surface area contributed by atoms with Gasteiger partial charge in [0.25, 0.3) is 0 Å². The minimum absolute atomic E-state index is 0.574. The molecule has 2 aromatic rings. The topological polar surface area (TPSA) is 42.8 Å². The third-order valence-electron chi connectivity index (χ3n) is 3.31. The standard InChI is InChI=1S/C13H16N3/c1-9-2-3-11-12(8-9)16-13(15-11)10-4-6-14-7-5-10/h2-3,8,10H,4-7H2,1H3,(H,15,16). The molecular weight excluding hydrogens is 198 g/mol. The largest absolute Gasteiger partial charge is 0.342 e. The summed E-state index contributed by atoms with van der Waals surface area (Å²) >= 11 is 0. The van der Waals surface area contributed by atoms with E-state index in [-0.39, 0.29) is 0 Å². The SMILES string of the molecule is Cc1ccc2[nH]c(C3CC[N]CC3)nc2c1. The summed E-state index contributed by atoms with van der Waals surface area (Å²) in [6.07, 6.45) is 2.28. The fourth-order valence-corrected chi connectivity index (χ4v) is 2.35. The van der Waals surface area contributed by atoms with Gasteiger partial charge in [-0.25, -0.2) is 10.3 Å². The number of nitrogens with one attached hydrogen (secondary N) is 1. The molecule has 1 aromatic heterocycles. The number of aryl methyl sites for hydroxylation is 1. The van der Waals surface area contributed by atoms with Crippen LogP contribution in [0.15, 0.2) is 18.2 Å². The van der Waals surface area contributed by atoms with Crippen molar-refractivity contribution in [2.45, 2.75) is 25.7 Å². The van der Waals surface area contributed by atoms with E-state index in [2.05, 4.69) is 35.4 Å². The van der Waals surface area contributed by atoms with Crippen LogP contribution in [0, 0.1) is 6.92 Å². The summed E-state index contributed by atoms with van der Waals surface area (Å²) in [4.78, 5) is 8.14. The first-order valence-corrected chi connectivity index (χ1v) is 5.92. The number of piperidine rings is 1. The molecule has 0 amide bonds. The Bertz CT molecular complexity index is 495. The Balaban J connectivity index is 1.97. The summed E-state index contributed by atoms with van der Waals surface area (Å²) < 4.78 is 0. The molecule has 2 heterocycles. The molecule has 83 valence electrons. The molecule has 1 radical (unpaired) electrons. The van der Waals surface area contributed by atoms with E-state index in [0.29, 0.717) is 5.92 Å². The molecular formula is C13H16N3. The summed E-state index contributed by atoms with van der Waals surface area (Å²) in [6.45, 7) is 4.08. The second-order valence-electron chi connectivity index (χ2n) is 4.59. The molecule has 1 aliphatic rings. The van der Waals surface area contributed by atoms with Crippen molar-refractivity contribution in [1.82, 2.24) is 15.3 Å². The number of imidazole rings is 1. The minimum Gasteiger partial charge on any atom is -0.342 e. The zero-order valence-electron chi connectivity index (χ0n) is 9.53. The third kappa shape index (κ3) is 1.71. The number of fused-ring (bicyclic) bond motifs is 1. The fourth-order valence-electron chi connectivity index (χ4n) is 2.35. The van der Waals surface area contributed by atoms with Crippen LogP contribution in [-0.4, -0.2) is 23.1 Å². The molecule has 1 fully saturated rings. The van der Waals surface area contributed by atoms with Crippen molar-refractivity contribution in [2.75, 3.05) is 13.1 Å². The van der Waals surface area contributed by atoms with Gasteiger partial charge in [-0.3, -0.25) is 0 Å². The van der Waals surface area contributed by atoms with E-state index in [4.69, 9.17) is 4.98 Å². The van der Waals surface area contributed by atoms with Gasteiger partial charge in [0.2, 0.25) is 0 Å². The van der Waals surface area contributed by atoms with Crippen molar-refractivity contribution in [2.24, 2.45) is 0 Å². The molecule has 0 unspecified atom stereocenters. The number of rotatable bonds is 1. The minimum atomic E-state index is 0.574. The first-order chi connectivity index (χ1) is 7.83. The van der Waals surface area contributed by atoms with Crippen molar-refractivity contribution < 1.29 is 0 Å². The number of aromatic amines is 1. The van der Waals surface area contributed by atoms with Gasteiger partial charge < -0.3 is 4.98 Å². The maximum absolute atomic E-state index is 4.70. The lowest BCUT2D eigenvalue weighted by Gasteiger charge is -2.18. The summed E-state index contributed by atoms with van der Waals surface area (Å²) in [7, 11) is 0. The molecule has 1 N–H and O–H groups in total. The highest BCUT2D eigenvalue weighted by Gasteiger charge is 2.18. The normalized spacial score (nSPS) is 18.1. The lowest BCUT2D eigenvalue weighted by Crippen LogP contribution is -2.21. The fraction of sp³-hybridized carbons (Fsp3) is 0.462. The van der Waals surface area contributed by atoms with Crippen molar-refractivity contribution in [1.29, 1.82) is 0 Å². The lowest BCUT2D eigenvalue weighted by atomic mass is 9.98. The number of hydrogen-bond donors (Lipinski definition) is 1. The molecule has 1 aromatic carbocycles. The zero-order valence-corrected chi connectivity index (χ0v) is 9.53. The van der Waals surface area contributed by atoms with Gasteiger partial charge in [-0.1, -0.05) is 6.07 Å².